The molecule has 3 heteroatoms. The van der Waals surface area contributed by atoms with Gasteiger partial charge in [0.05, 0.1) is 0 Å². The Labute approximate surface area is 102 Å². The van der Waals surface area contributed by atoms with E-state index in [1.807, 2.05) is 32.0 Å². The number of rotatable bonds is 2. The largest absolute Gasteiger partial charge is 0.326 e. The molecule has 0 aliphatic heterocycles. The Kier molecular flexibility index (Phi) is 3.27. The number of hydrogen-bond acceptors (Lipinski definition) is 2. The third kappa shape index (κ3) is 2.54. The molecule has 0 atom stereocenters. The van der Waals surface area contributed by atoms with Crippen molar-refractivity contribution in [3.8, 4) is 0 Å². The third-order valence-electron chi connectivity index (χ3n) is 3.10. The molecule has 0 spiro atoms. The molecule has 0 radical (unpaired) electrons. The maximum Gasteiger partial charge on any atom is 0.226 e. The average molecular weight is 230 g/mol. The van der Waals surface area contributed by atoms with Crippen molar-refractivity contribution in [3.05, 3.63) is 29.3 Å². The summed E-state index contributed by atoms with van der Waals surface area (Å²) in [5.41, 5.74) is 3.71. The fourth-order valence-corrected chi connectivity index (χ4v) is 2.03. The standard InChI is InChI=1S/C14H18N2O/c1-9(2)14(17)16-11-7-6-10-4-3-5-13(15)12(10)8-11/h6-9,15H,3-5H2,1-2H3,(H,16,17). The molecule has 90 valence electrons. The van der Waals surface area contributed by atoms with Gasteiger partial charge < -0.3 is 10.7 Å². The van der Waals surface area contributed by atoms with Crippen molar-refractivity contribution >= 4 is 17.3 Å². The van der Waals surface area contributed by atoms with E-state index in [4.69, 9.17) is 5.41 Å². The van der Waals surface area contributed by atoms with E-state index in [0.717, 1.165) is 30.5 Å². The summed E-state index contributed by atoms with van der Waals surface area (Å²) in [5, 5.41) is 10.8. The van der Waals surface area contributed by atoms with E-state index in [-0.39, 0.29) is 11.8 Å². The van der Waals surface area contributed by atoms with Gasteiger partial charge in [0.1, 0.15) is 0 Å². The molecule has 2 N–H and O–H groups in total. The zero-order chi connectivity index (χ0) is 12.4. The molecule has 0 aromatic heterocycles. The molecule has 0 fully saturated rings. The van der Waals surface area contributed by atoms with E-state index in [1.165, 1.54) is 5.56 Å². The number of aryl methyl sites for hydroxylation is 1. The lowest BCUT2D eigenvalue weighted by Crippen LogP contribution is -2.18. The van der Waals surface area contributed by atoms with Crippen LogP contribution in [0.3, 0.4) is 0 Å². The van der Waals surface area contributed by atoms with Crippen LogP contribution in [0, 0.1) is 11.3 Å². The van der Waals surface area contributed by atoms with Crippen LogP contribution in [0.15, 0.2) is 18.2 Å². The number of benzene rings is 1. The van der Waals surface area contributed by atoms with Gasteiger partial charge >= 0.3 is 0 Å². The summed E-state index contributed by atoms with van der Waals surface area (Å²) >= 11 is 0. The normalized spacial score (nSPS) is 14.6. The average Bonchev–Trinajstić information content (AvgIpc) is 2.30. The van der Waals surface area contributed by atoms with E-state index >= 15 is 0 Å². The Morgan fingerprint density at radius 1 is 1.35 bits per heavy atom. The van der Waals surface area contributed by atoms with Crippen LogP contribution in [-0.4, -0.2) is 11.6 Å². The minimum absolute atomic E-state index is 0.0206. The van der Waals surface area contributed by atoms with E-state index < -0.39 is 0 Å². The van der Waals surface area contributed by atoms with Crippen molar-refractivity contribution in [2.75, 3.05) is 5.32 Å². The number of hydrogen-bond donors (Lipinski definition) is 2. The number of anilines is 1. The summed E-state index contributed by atoms with van der Waals surface area (Å²) in [5.74, 6) is -0.00206. The Hall–Kier alpha value is -1.64. The van der Waals surface area contributed by atoms with E-state index in [9.17, 15) is 4.79 Å². The number of carbonyl (C=O) groups excluding carboxylic acids is 1. The summed E-state index contributed by atoms with van der Waals surface area (Å²) in [6.45, 7) is 3.74. The third-order valence-corrected chi connectivity index (χ3v) is 3.10. The summed E-state index contributed by atoms with van der Waals surface area (Å²) in [6, 6.07) is 5.88. The summed E-state index contributed by atoms with van der Waals surface area (Å²) in [6.07, 6.45) is 2.94. The highest BCUT2D eigenvalue weighted by atomic mass is 16.1. The molecule has 0 unspecified atom stereocenters. The maximum absolute atomic E-state index is 11.6. The topological polar surface area (TPSA) is 53.0 Å². The summed E-state index contributed by atoms with van der Waals surface area (Å²) in [4.78, 5) is 11.6. The zero-order valence-corrected chi connectivity index (χ0v) is 10.3. The van der Waals surface area contributed by atoms with Crippen LogP contribution in [0.25, 0.3) is 0 Å². The Morgan fingerprint density at radius 2 is 2.12 bits per heavy atom. The van der Waals surface area contributed by atoms with Gasteiger partial charge in [-0.1, -0.05) is 19.9 Å². The van der Waals surface area contributed by atoms with Crippen LogP contribution >= 0.6 is 0 Å². The molecule has 17 heavy (non-hydrogen) atoms. The number of fused-ring (bicyclic) bond motifs is 1. The predicted octanol–water partition coefficient (Wildman–Crippen LogP) is 2.99. The molecule has 1 amide bonds. The minimum atomic E-state index is -0.0227. The highest BCUT2D eigenvalue weighted by molar-refractivity contribution is 6.02. The Balaban J connectivity index is 2.24. The molecule has 1 aliphatic carbocycles. The van der Waals surface area contributed by atoms with Gasteiger partial charge in [0.15, 0.2) is 0 Å². The molecule has 0 saturated heterocycles. The first-order chi connectivity index (χ1) is 8.08. The van der Waals surface area contributed by atoms with Gasteiger partial charge in [-0.05, 0) is 37.0 Å². The number of amides is 1. The molecule has 0 bridgehead atoms. The first-order valence-corrected chi connectivity index (χ1v) is 6.09. The van der Waals surface area contributed by atoms with Crippen molar-refractivity contribution in [2.45, 2.75) is 33.1 Å². The fourth-order valence-electron chi connectivity index (χ4n) is 2.03. The van der Waals surface area contributed by atoms with Gasteiger partial charge in [-0.3, -0.25) is 4.79 Å². The fraction of sp³-hybridized carbons (Fsp3) is 0.429. The van der Waals surface area contributed by atoms with Crippen LogP contribution < -0.4 is 5.32 Å². The molecule has 0 saturated carbocycles. The van der Waals surface area contributed by atoms with Crippen molar-refractivity contribution in [2.24, 2.45) is 5.92 Å². The smallest absolute Gasteiger partial charge is 0.226 e. The van der Waals surface area contributed by atoms with Gasteiger partial charge in [0.2, 0.25) is 5.91 Å². The molecular weight excluding hydrogens is 212 g/mol. The van der Waals surface area contributed by atoms with Gasteiger partial charge in [-0.2, -0.15) is 0 Å². The predicted molar refractivity (Wildman–Crippen MR) is 69.7 cm³/mol. The SMILES string of the molecule is CC(C)C(=O)Nc1ccc2c(c1)C(=N)CCC2. The van der Waals surface area contributed by atoms with E-state index in [1.54, 1.807) is 0 Å². The first-order valence-electron chi connectivity index (χ1n) is 6.09. The van der Waals surface area contributed by atoms with Gasteiger partial charge in [-0.15, -0.1) is 0 Å². The molecular formula is C14H18N2O. The lowest BCUT2D eigenvalue weighted by Gasteiger charge is -2.18. The van der Waals surface area contributed by atoms with Crippen LogP contribution in [-0.2, 0) is 11.2 Å². The highest BCUT2D eigenvalue weighted by Gasteiger charge is 2.15. The minimum Gasteiger partial charge on any atom is -0.326 e. The van der Waals surface area contributed by atoms with Crippen LogP contribution in [0.5, 0.6) is 0 Å². The highest BCUT2D eigenvalue weighted by Crippen LogP contribution is 2.24. The summed E-state index contributed by atoms with van der Waals surface area (Å²) in [7, 11) is 0. The van der Waals surface area contributed by atoms with E-state index in [0.29, 0.717) is 5.71 Å². The van der Waals surface area contributed by atoms with Crippen molar-refractivity contribution < 1.29 is 4.79 Å². The van der Waals surface area contributed by atoms with Gasteiger partial charge in [0.25, 0.3) is 0 Å². The maximum atomic E-state index is 11.6. The quantitative estimate of drug-likeness (QED) is 0.806. The lowest BCUT2D eigenvalue weighted by molar-refractivity contribution is -0.118. The molecule has 3 nitrogen and oxygen atoms in total. The molecule has 1 aromatic carbocycles. The zero-order valence-electron chi connectivity index (χ0n) is 10.3. The number of nitrogens with one attached hydrogen (secondary N) is 2. The van der Waals surface area contributed by atoms with E-state index in [2.05, 4.69) is 5.32 Å². The number of carbonyl (C=O) groups is 1. The van der Waals surface area contributed by atoms with Crippen LogP contribution in [0.4, 0.5) is 5.69 Å². The second-order valence-electron chi connectivity index (χ2n) is 4.85. The molecule has 0 heterocycles. The van der Waals surface area contributed by atoms with Crippen molar-refractivity contribution in [1.82, 2.24) is 0 Å². The molecule has 1 aromatic rings. The second kappa shape index (κ2) is 4.70. The van der Waals surface area contributed by atoms with Gasteiger partial charge in [-0.25, -0.2) is 0 Å². The Morgan fingerprint density at radius 3 is 2.82 bits per heavy atom. The second-order valence-corrected chi connectivity index (χ2v) is 4.85. The molecule has 2 rings (SSSR count). The first kappa shape index (κ1) is 11.8. The van der Waals surface area contributed by atoms with Crippen LogP contribution in [0.2, 0.25) is 0 Å². The summed E-state index contributed by atoms with van der Waals surface area (Å²) < 4.78 is 0. The van der Waals surface area contributed by atoms with Gasteiger partial charge in [0, 0.05) is 22.9 Å². The van der Waals surface area contributed by atoms with Crippen molar-refractivity contribution in [1.29, 1.82) is 5.41 Å². The monoisotopic (exact) mass is 230 g/mol. The van der Waals surface area contributed by atoms with Crippen LogP contribution in [0.1, 0.15) is 37.8 Å². The molecule has 1 aliphatic rings. The van der Waals surface area contributed by atoms with Crippen molar-refractivity contribution in [3.63, 3.8) is 0 Å². The lowest BCUT2D eigenvalue weighted by atomic mass is 9.90. The Bertz CT molecular complexity index is 463.